The van der Waals surface area contributed by atoms with Crippen molar-refractivity contribution in [1.82, 2.24) is 0 Å². The summed E-state index contributed by atoms with van der Waals surface area (Å²) in [5.41, 5.74) is 6.50. The second kappa shape index (κ2) is 5.34. The zero-order valence-electron chi connectivity index (χ0n) is 11.6. The average Bonchev–Trinajstić information content (AvgIpc) is 2.37. The Labute approximate surface area is 122 Å². The van der Waals surface area contributed by atoms with E-state index in [4.69, 9.17) is 15.6 Å². The summed E-state index contributed by atoms with van der Waals surface area (Å²) in [7, 11) is -3.94. The number of hydrogen-bond acceptors (Lipinski definition) is 4. The van der Waals surface area contributed by atoms with Gasteiger partial charge in [0.2, 0.25) is 10.0 Å². The van der Waals surface area contributed by atoms with Crippen molar-refractivity contribution >= 4 is 15.7 Å². The fourth-order valence-electron chi connectivity index (χ4n) is 1.90. The van der Waals surface area contributed by atoms with Crippen molar-refractivity contribution in [2.75, 3.05) is 5.73 Å². The van der Waals surface area contributed by atoms with Gasteiger partial charge in [0.15, 0.2) is 11.6 Å². The first kappa shape index (κ1) is 15.3. The van der Waals surface area contributed by atoms with Crippen molar-refractivity contribution in [3.63, 3.8) is 0 Å². The number of sulfonamides is 1. The predicted octanol–water partition coefficient (Wildman–Crippen LogP) is 2.46. The average molecular weight is 310 g/mol. The van der Waals surface area contributed by atoms with Gasteiger partial charge in [0, 0.05) is 17.3 Å². The molecular formula is C14H15FN2O3S. The van der Waals surface area contributed by atoms with Crippen LogP contribution in [0.4, 0.5) is 10.1 Å². The van der Waals surface area contributed by atoms with Crippen molar-refractivity contribution < 1.29 is 17.5 Å². The van der Waals surface area contributed by atoms with E-state index in [-0.39, 0.29) is 27.6 Å². The molecule has 0 heterocycles. The number of anilines is 1. The Hall–Kier alpha value is -2.12. The highest BCUT2D eigenvalue weighted by atomic mass is 32.2. The van der Waals surface area contributed by atoms with Gasteiger partial charge in [-0.1, -0.05) is 12.1 Å². The van der Waals surface area contributed by atoms with Gasteiger partial charge in [0.1, 0.15) is 5.75 Å². The number of rotatable bonds is 3. The third kappa shape index (κ3) is 3.14. The minimum atomic E-state index is -3.94. The standard InChI is InChI=1S/C14H15FN2O3S/c1-8-4-3-5-11(14(8)15)20-12-6-10(16)7-13(9(12)2)21(17,18)19/h3-7H,16H2,1-2H3,(H2,17,18,19). The van der Waals surface area contributed by atoms with Crippen molar-refractivity contribution in [3.05, 3.63) is 47.3 Å². The summed E-state index contributed by atoms with van der Waals surface area (Å²) < 4.78 is 42.5. The Morgan fingerprint density at radius 3 is 2.43 bits per heavy atom. The van der Waals surface area contributed by atoms with E-state index < -0.39 is 15.8 Å². The second-order valence-corrected chi connectivity index (χ2v) is 6.21. The van der Waals surface area contributed by atoms with Crippen LogP contribution in [0.15, 0.2) is 35.2 Å². The van der Waals surface area contributed by atoms with Crippen LogP contribution in [0.3, 0.4) is 0 Å². The maximum absolute atomic E-state index is 14.0. The number of nitrogen functional groups attached to an aromatic ring is 1. The first-order chi connectivity index (χ1) is 9.70. The molecule has 0 saturated heterocycles. The summed E-state index contributed by atoms with van der Waals surface area (Å²) in [4.78, 5) is -0.148. The fraction of sp³-hybridized carbons (Fsp3) is 0.143. The van der Waals surface area contributed by atoms with Gasteiger partial charge in [0.05, 0.1) is 4.90 Å². The van der Waals surface area contributed by atoms with Gasteiger partial charge in [-0.2, -0.15) is 0 Å². The normalized spacial score (nSPS) is 11.4. The predicted molar refractivity (Wildman–Crippen MR) is 78.2 cm³/mol. The molecule has 4 N–H and O–H groups in total. The quantitative estimate of drug-likeness (QED) is 0.851. The molecule has 0 aliphatic carbocycles. The van der Waals surface area contributed by atoms with Gasteiger partial charge in [0.25, 0.3) is 0 Å². The van der Waals surface area contributed by atoms with Crippen LogP contribution in [-0.2, 0) is 10.0 Å². The lowest BCUT2D eigenvalue weighted by Gasteiger charge is -2.13. The lowest BCUT2D eigenvalue weighted by Crippen LogP contribution is -2.14. The summed E-state index contributed by atoms with van der Waals surface area (Å²) in [6, 6.07) is 7.34. The van der Waals surface area contributed by atoms with E-state index in [1.165, 1.54) is 25.1 Å². The van der Waals surface area contributed by atoms with Gasteiger partial charge < -0.3 is 10.5 Å². The van der Waals surface area contributed by atoms with Crippen molar-refractivity contribution in [2.24, 2.45) is 5.14 Å². The van der Waals surface area contributed by atoms with Crippen LogP contribution < -0.4 is 15.6 Å². The van der Waals surface area contributed by atoms with Crippen LogP contribution in [0, 0.1) is 19.7 Å². The molecule has 2 aromatic carbocycles. The maximum Gasteiger partial charge on any atom is 0.238 e. The third-order valence-electron chi connectivity index (χ3n) is 3.02. The van der Waals surface area contributed by atoms with E-state index in [1.807, 2.05) is 0 Å². The highest BCUT2D eigenvalue weighted by molar-refractivity contribution is 7.89. The van der Waals surface area contributed by atoms with Crippen LogP contribution in [0.5, 0.6) is 11.5 Å². The smallest absolute Gasteiger partial charge is 0.238 e. The molecule has 0 radical (unpaired) electrons. The highest BCUT2D eigenvalue weighted by Crippen LogP contribution is 2.33. The van der Waals surface area contributed by atoms with Crippen molar-refractivity contribution in [3.8, 4) is 11.5 Å². The zero-order valence-corrected chi connectivity index (χ0v) is 12.4. The minimum absolute atomic E-state index is 0.0101. The summed E-state index contributed by atoms with van der Waals surface area (Å²) in [5.74, 6) is -0.385. The molecule has 7 heteroatoms. The van der Waals surface area contributed by atoms with E-state index >= 15 is 0 Å². The molecule has 0 amide bonds. The van der Waals surface area contributed by atoms with E-state index in [9.17, 15) is 12.8 Å². The molecule has 0 saturated carbocycles. The number of halogens is 1. The van der Waals surface area contributed by atoms with Crippen LogP contribution >= 0.6 is 0 Å². The van der Waals surface area contributed by atoms with Crippen LogP contribution in [-0.4, -0.2) is 8.42 Å². The largest absolute Gasteiger partial charge is 0.454 e. The lowest BCUT2D eigenvalue weighted by molar-refractivity contribution is 0.436. The topological polar surface area (TPSA) is 95.4 Å². The van der Waals surface area contributed by atoms with E-state index in [0.717, 1.165) is 0 Å². The third-order valence-corrected chi connectivity index (χ3v) is 4.05. The summed E-state index contributed by atoms with van der Waals surface area (Å²) in [6.07, 6.45) is 0. The highest BCUT2D eigenvalue weighted by Gasteiger charge is 2.18. The molecule has 0 aliphatic rings. The Bertz CT molecular complexity index is 804. The molecule has 0 aliphatic heterocycles. The first-order valence-electron chi connectivity index (χ1n) is 6.06. The van der Waals surface area contributed by atoms with Gasteiger partial charge in [-0.05, 0) is 31.5 Å². The Morgan fingerprint density at radius 1 is 1.14 bits per heavy atom. The summed E-state index contributed by atoms with van der Waals surface area (Å²) in [6.45, 7) is 3.12. The Balaban J connectivity index is 2.55. The number of ether oxygens (including phenoxy) is 1. The molecular weight excluding hydrogens is 295 g/mol. The van der Waals surface area contributed by atoms with Gasteiger partial charge in [-0.15, -0.1) is 0 Å². The number of aryl methyl sites for hydroxylation is 1. The second-order valence-electron chi connectivity index (χ2n) is 4.68. The molecule has 5 nitrogen and oxygen atoms in total. The lowest BCUT2D eigenvalue weighted by atomic mass is 10.2. The molecule has 0 bridgehead atoms. The van der Waals surface area contributed by atoms with Crippen LogP contribution in [0.1, 0.15) is 11.1 Å². The number of benzene rings is 2. The molecule has 2 rings (SSSR count). The summed E-state index contributed by atoms with van der Waals surface area (Å²) >= 11 is 0. The van der Waals surface area contributed by atoms with E-state index in [0.29, 0.717) is 5.56 Å². The molecule has 0 fully saturated rings. The molecule has 0 atom stereocenters. The monoisotopic (exact) mass is 310 g/mol. The number of primary sulfonamides is 1. The molecule has 21 heavy (non-hydrogen) atoms. The fourth-order valence-corrected chi connectivity index (χ4v) is 2.73. The zero-order chi connectivity index (χ0) is 15.8. The van der Waals surface area contributed by atoms with E-state index in [1.54, 1.807) is 19.1 Å². The summed E-state index contributed by atoms with van der Waals surface area (Å²) in [5, 5.41) is 5.13. The molecule has 0 aromatic heterocycles. The number of hydrogen-bond donors (Lipinski definition) is 2. The Morgan fingerprint density at radius 2 is 1.81 bits per heavy atom. The number of nitrogens with two attached hydrogens (primary N) is 2. The van der Waals surface area contributed by atoms with Crippen LogP contribution in [0.2, 0.25) is 0 Å². The maximum atomic E-state index is 14.0. The van der Waals surface area contributed by atoms with Crippen LogP contribution in [0.25, 0.3) is 0 Å². The SMILES string of the molecule is Cc1cccc(Oc2cc(N)cc(S(N)(=O)=O)c2C)c1F. The van der Waals surface area contributed by atoms with Gasteiger partial charge in [-0.3, -0.25) is 0 Å². The Kier molecular flexibility index (Phi) is 3.89. The minimum Gasteiger partial charge on any atom is -0.454 e. The van der Waals surface area contributed by atoms with Gasteiger partial charge >= 0.3 is 0 Å². The van der Waals surface area contributed by atoms with Gasteiger partial charge in [-0.25, -0.2) is 17.9 Å². The molecule has 2 aromatic rings. The van der Waals surface area contributed by atoms with Crippen molar-refractivity contribution in [1.29, 1.82) is 0 Å². The molecule has 0 unspecified atom stereocenters. The molecule has 112 valence electrons. The van der Waals surface area contributed by atoms with E-state index in [2.05, 4.69) is 0 Å². The molecule has 0 spiro atoms. The van der Waals surface area contributed by atoms with Crippen molar-refractivity contribution in [2.45, 2.75) is 18.7 Å². The first-order valence-corrected chi connectivity index (χ1v) is 7.60.